The molecule has 7 heteroatoms. The Morgan fingerprint density at radius 3 is 2.40 bits per heavy atom. The van der Waals surface area contributed by atoms with Crippen molar-refractivity contribution in [2.24, 2.45) is 5.84 Å². The smallest absolute Gasteiger partial charge is 0.240 e. The number of anilines is 1. The summed E-state index contributed by atoms with van der Waals surface area (Å²) in [6.07, 6.45) is 2.40. The van der Waals surface area contributed by atoms with Gasteiger partial charge in [-0.3, -0.25) is 5.84 Å². The standard InChI is InChI=1S/C13H22N4O2S/c1-11(10-17-8-2-3-9-17)16-20(18,19)13-6-4-12(15-14)5-7-13/h4-7,11,15-16H,2-3,8-10,14H2,1H3. The number of likely N-dealkylation sites (tertiary alicyclic amines) is 1. The summed E-state index contributed by atoms with van der Waals surface area (Å²) < 4.78 is 27.2. The first-order valence-corrected chi connectivity index (χ1v) is 8.31. The summed E-state index contributed by atoms with van der Waals surface area (Å²) in [5.74, 6) is 5.26. The van der Waals surface area contributed by atoms with E-state index in [-0.39, 0.29) is 10.9 Å². The Labute approximate surface area is 120 Å². The second-order valence-electron chi connectivity index (χ2n) is 5.20. The Morgan fingerprint density at radius 2 is 1.85 bits per heavy atom. The van der Waals surface area contributed by atoms with Gasteiger partial charge in [-0.2, -0.15) is 0 Å². The van der Waals surface area contributed by atoms with E-state index in [1.54, 1.807) is 24.3 Å². The number of hydrazine groups is 1. The summed E-state index contributed by atoms with van der Waals surface area (Å²) in [6, 6.07) is 6.25. The highest BCUT2D eigenvalue weighted by molar-refractivity contribution is 7.89. The number of nitrogens with one attached hydrogen (secondary N) is 2. The van der Waals surface area contributed by atoms with Gasteiger partial charge in [-0.05, 0) is 57.1 Å². The Bertz CT molecular complexity index is 524. The van der Waals surface area contributed by atoms with Crippen LogP contribution in [0.5, 0.6) is 0 Å². The van der Waals surface area contributed by atoms with Crippen LogP contribution in [-0.2, 0) is 10.0 Å². The fourth-order valence-corrected chi connectivity index (χ4v) is 3.69. The van der Waals surface area contributed by atoms with Crippen molar-refractivity contribution in [2.45, 2.75) is 30.7 Å². The van der Waals surface area contributed by atoms with Gasteiger partial charge in [0.1, 0.15) is 0 Å². The molecular formula is C13H22N4O2S. The van der Waals surface area contributed by atoms with Gasteiger partial charge in [0.25, 0.3) is 0 Å². The fraction of sp³-hybridized carbons (Fsp3) is 0.538. The summed E-state index contributed by atoms with van der Waals surface area (Å²) in [7, 11) is -3.47. The molecule has 0 radical (unpaired) electrons. The van der Waals surface area contributed by atoms with Gasteiger partial charge in [0.2, 0.25) is 10.0 Å². The minimum Gasteiger partial charge on any atom is -0.324 e. The highest BCUT2D eigenvalue weighted by Crippen LogP contribution is 2.14. The maximum absolute atomic E-state index is 12.2. The second kappa shape index (κ2) is 6.53. The van der Waals surface area contributed by atoms with Crippen molar-refractivity contribution in [1.29, 1.82) is 0 Å². The topological polar surface area (TPSA) is 87.5 Å². The average Bonchev–Trinajstić information content (AvgIpc) is 2.91. The molecule has 0 amide bonds. The average molecular weight is 298 g/mol. The quantitative estimate of drug-likeness (QED) is 0.532. The first-order valence-electron chi connectivity index (χ1n) is 6.82. The van der Waals surface area contributed by atoms with Crippen molar-refractivity contribution < 1.29 is 8.42 Å². The molecule has 1 unspecified atom stereocenters. The molecule has 0 saturated carbocycles. The Morgan fingerprint density at radius 1 is 1.25 bits per heavy atom. The van der Waals surface area contributed by atoms with Crippen LogP contribution in [0.25, 0.3) is 0 Å². The van der Waals surface area contributed by atoms with E-state index < -0.39 is 10.0 Å². The molecule has 6 nitrogen and oxygen atoms in total. The Hall–Kier alpha value is -1.15. The molecule has 1 fully saturated rings. The van der Waals surface area contributed by atoms with Crippen LogP contribution >= 0.6 is 0 Å². The molecular weight excluding hydrogens is 276 g/mol. The zero-order chi connectivity index (χ0) is 14.6. The highest BCUT2D eigenvalue weighted by atomic mass is 32.2. The third-order valence-electron chi connectivity index (χ3n) is 3.42. The maximum Gasteiger partial charge on any atom is 0.240 e. The third kappa shape index (κ3) is 3.92. The molecule has 4 N–H and O–H groups in total. The number of hydrogen-bond donors (Lipinski definition) is 3. The van der Waals surface area contributed by atoms with E-state index in [0.29, 0.717) is 5.69 Å². The molecule has 1 aromatic carbocycles. The summed E-state index contributed by atoms with van der Waals surface area (Å²) in [6.45, 7) is 4.76. The molecule has 20 heavy (non-hydrogen) atoms. The van der Waals surface area contributed by atoms with E-state index in [4.69, 9.17) is 5.84 Å². The summed E-state index contributed by atoms with van der Waals surface area (Å²) >= 11 is 0. The zero-order valence-corrected chi connectivity index (χ0v) is 12.5. The normalized spacial score (nSPS) is 18.1. The minimum atomic E-state index is -3.47. The van der Waals surface area contributed by atoms with Crippen LogP contribution in [0, 0.1) is 0 Å². The monoisotopic (exact) mass is 298 g/mol. The van der Waals surface area contributed by atoms with Crippen LogP contribution < -0.4 is 16.0 Å². The predicted molar refractivity (Wildman–Crippen MR) is 79.7 cm³/mol. The van der Waals surface area contributed by atoms with Crippen molar-refractivity contribution in [3.8, 4) is 0 Å². The van der Waals surface area contributed by atoms with Crippen molar-refractivity contribution in [2.75, 3.05) is 25.1 Å². The van der Waals surface area contributed by atoms with Crippen LogP contribution in [0.4, 0.5) is 5.69 Å². The van der Waals surface area contributed by atoms with Gasteiger partial charge in [-0.15, -0.1) is 0 Å². The molecule has 112 valence electrons. The van der Waals surface area contributed by atoms with E-state index in [1.807, 2.05) is 6.92 Å². The van der Waals surface area contributed by atoms with E-state index in [2.05, 4.69) is 15.0 Å². The maximum atomic E-state index is 12.2. The second-order valence-corrected chi connectivity index (χ2v) is 6.91. The lowest BCUT2D eigenvalue weighted by atomic mass is 10.3. The SMILES string of the molecule is CC(CN1CCCC1)NS(=O)(=O)c1ccc(NN)cc1. The van der Waals surface area contributed by atoms with Crippen molar-refractivity contribution in [3.05, 3.63) is 24.3 Å². The lowest BCUT2D eigenvalue weighted by molar-refractivity contribution is 0.313. The van der Waals surface area contributed by atoms with E-state index in [1.165, 1.54) is 12.8 Å². The number of nitrogen functional groups attached to an aromatic ring is 1. The number of sulfonamides is 1. The van der Waals surface area contributed by atoms with Crippen LogP contribution in [-0.4, -0.2) is 39.0 Å². The van der Waals surface area contributed by atoms with Crippen LogP contribution in [0.15, 0.2) is 29.2 Å². The number of benzene rings is 1. The Balaban J connectivity index is 1.98. The lowest BCUT2D eigenvalue weighted by Crippen LogP contribution is -2.41. The third-order valence-corrected chi connectivity index (χ3v) is 5.02. The largest absolute Gasteiger partial charge is 0.324 e. The van der Waals surface area contributed by atoms with Gasteiger partial charge in [0.05, 0.1) is 4.90 Å². The number of rotatable bonds is 6. The van der Waals surface area contributed by atoms with Crippen LogP contribution in [0.2, 0.25) is 0 Å². The van der Waals surface area contributed by atoms with Gasteiger partial charge in [0.15, 0.2) is 0 Å². The van der Waals surface area contributed by atoms with Crippen molar-refractivity contribution >= 4 is 15.7 Å². The molecule has 1 aromatic rings. The van der Waals surface area contributed by atoms with Crippen LogP contribution in [0.3, 0.4) is 0 Å². The van der Waals surface area contributed by atoms with E-state index >= 15 is 0 Å². The van der Waals surface area contributed by atoms with Crippen molar-refractivity contribution in [1.82, 2.24) is 9.62 Å². The summed E-state index contributed by atoms with van der Waals surface area (Å²) in [4.78, 5) is 2.54. The Kier molecular flexibility index (Phi) is 4.98. The lowest BCUT2D eigenvalue weighted by Gasteiger charge is -2.21. The van der Waals surface area contributed by atoms with Gasteiger partial charge in [-0.1, -0.05) is 0 Å². The van der Waals surface area contributed by atoms with Crippen LogP contribution in [0.1, 0.15) is 19.8 Å². The summed E-state index contributed by atoms with van der Waals surface area (Å²) in [5, 5.41) is 0. The fourth-order valence-electron chi connectivity index (χ4n) is 2.45. The molecule has 0 aliphatic carbocycles. The number of hydrogen-bond acceptors (Lipinski definition) is 5. The van der Waals surface area contributed by atoms with Gasteiger partial charge >= 0.3 is 0 Å². The molecule has 1 saturated heterocycles. The molecule has 1 heterocycles. The molecule has 1 atom stereocenters. The molecule has 1 aliphatic rings. The number of nitrogens with zero attached hydrogens (tertiary/aromatic N) is 1. The predicted octanol–water partition coefficient (Wildman–Crippen LogP) is 0.735. The minimum absolute atomic E-state index is 0.106. The molecule has 0 spiro atoms. The highest BCUT2D eigenvalue weighted by Gasteiger charge is 2.20. The van der Waals surface area contributed by atoms with Gasteiger partial charge in [0, 0.05) is 18.3 Å². The molecule has 1 aliphatic heterocycles. The van der Waals surface area contributed by atoms with E-state index in [0.717, 1.165) is 19.6 Å². The van der Waals surface area contributed by atoms with E-state index in [9.17, 15) is 8.42 Å². The first-order chi connectivity index (χ1) is 9.51. The zero-order valence-electron chi connectivity index (χ0n) is 11.7. The molecule has 0 bridgehead atoms. The van der Waals surface area contributed by atoms with Gasteiger partial charge < -0.3 is 10.3 Å². The van der Waals surface area contributed by atoms with Gasteiger partial charge in [-0.25, -0.2) is 13.1 Å². The summed E-state index contributed by atoms with van der Waals surface area (Å²) in [5.41, 5.74) is 3.15. The first kappa shape index (κ1) is 15.2. The van der Waals surface area contributed by atoms with Crippen molar-refractivity contribution in [3.63, 3.8) is 0 Å². The molecule has 2 rings (SSSR count). The number of nitrogens with two attached hydrogens (primary N) is 1. The molecule has 0 aromatic heterocycles.